The minimum atomic E-state index is 0. The Labute approximate surface area is 179 Å². The van der Waals surface area contributed by atoms with Gasteiger partial charge in [-0.3, -0.25) is 9.79 Å². The molecule has 152 valence electrons. The van der Waals surface area contributed by atoms with E-state index >= 15 is 0 Å². The van der Waals surface area contributed by atoms with Crippen LogP contribution in [0.3, 0.4) is 0 Å². The van der Waals surface area contributed by atoms with E-state index in [-0.39, 0.29) is 29.9 Å². The van der Waals surface area contributed by atoms with Crippen molar-refractivity contribution in [2.45, 2.75) is 58.0 Å². The number of imidazole rings is 1. The third-order valence-electron chi connectivity index (χ3n) is 5.29. The molecular formula is C19H33IN6O. The number of carbonyl (C=O) groups excluding carboxylic acids is 1. The van der Waals surface area contributed by atoms with Crippen molar-refractivity contribution >= 4 is 35.8 Å². The Morgan fingerprint density at radius 1 is 1.30 bits per heavy atom. The summed E-state index contributed by atoms with van der Waals surface area (Å²) >= 11 is 0. The van der Waals surface area contributed by atoms with Crippen LogP contribution in [0.4, 0.5) is 0 Å². The van der Waals surface area contributed by atoms with Crippen LogP contribution in [0.25, 0.3) is 0 Å². The van der Waals surface area contributed by atoms with E-state index in [0.29, 0.717) is 11.9 Å². The third kappa shape index (κ3) is 6.65. The number of halogens is 1. The van der Waals surface area contributed by atoms with Gasteiger partial charge in [-0.1, -0.05) is 12.8 Å². The summed E-state index contributed by atoms with van der Waals surface area (Å²) in [4.78, 5) is 23.4. The number of aryl methyl sites for hydroxylation is 1. The van der Waals surface area contributed by atoms with Crippen molar-refractivity contribution in [3.63, 3.8) is 0 Å². The molecule has 8 heteroatoms. The van der Waals surface area contributed by atoms with Crippen LogP contribution in [0, 0.1) is 5.92 Å². The number of nitrogens with one attached hydrogen (secondary N) is 2. The zero-order valence-electron chi connectivity index (χ0n) is 16.3. The van der Waals surface area contributed by atoms with E-state index < -0.39 is 0 Å². The average molecular weight is 488 g/mol. The van der Waals surface area contributed by atoms with Gasteiger partial charge in [0.2, 0.25) is 5.91 Å². The van der Waals surface area contributed by atoms with E-state index in [4.69, 9.17) is 0 Å². The van der Waals surface area contributed by atoms with Crippen LogP contribution in [0.2, 0.25) is 0 Å². The zero-order valence-corrected chi connectivity index (χ0v) is 18.6. The Hall–Kier alpha value is -1.32. The Morgan fingerprint density at radius 2 is 2.11 bits per heavy atom. The summed E-state index contributed by atoms with van der Waals surface area (Å²) in [6, 6.07) is 0.298. The second-order valence-electron chi connectivity index (χ2n) is 7.31. The van der Waals surface area contributed by atoms with E-state index in [1.807, 2.05) is 12.5 Å². The number of aromatic nitrogens is 2. The van der Waals surface area contributed by atoms with Gasteiger partial charge in [-0.25, -0.2) is 4.98 Å². The van der Waals surface area contributed by atoms with E-state index in [1.54, 1.807) is 6.20 Å². The first-order valence-corrected chi connectivity index (χ1v) is 10.1. The molecule has 2 aliphatic rings. The second kappa shape index (κ2) is 11.5. The van der Waals surface area contributed by atoms with Crippen LogP contribution in [0.5, 0.6) is 0 Å². The average Bonchev–Trinajstić information content (AvgIpc) is 3.41. The van der Waals surface area contributed by atoms with Crippen molar-refractivity contribution in [2.24, 2.45) is 10.9 Å². The van der Waals surface area contributed by atoms with Crippen LogP contribution < -0.4 is 10.6 Å². The van der Waals surface area contributed by atoms with Crippen molar-refractivity contribution < 1.29 is 4.79 Å². The zero-order chi connectivity index (χ0) is 18.2. The van der Waals surface area contributed by atoms with Gasteiger partial charge in [0, 0.05) is 57.1 Å². The molecule has 27 heavy (non-hydrogen) atoms. The van der Waals surface area contributed by atoms with Gasteiger partial charge in [-0.2, -0.15) is 0 Å². The summed E-state index contributed by atoms with van der Waals surface area (Å²) in [5.74, 6) is 1.51. The first kappa shape index (κ1) is 22.0. The summed E-state index contributed by atoms with van der Waals surface area (Å²) in [6.07, 6.45) is 12.2. The van der Waals surface area contributed by atoms with Gasteiger partial charge < -0.3 is 20.1 Å². The third-order valence-corrected chi connectivity index (χ3v) is 5.29. The maximum atomic E-state index is 12.6. The molecule has 2 heterocycles. The number of aliphatic imine (C=N–C) groups is 1. The molecule has 2 N–H and O–H groups in total. The molecule has 0 spiro atoms. The van der Waals surface area contributed by atoms with Crippen LogP contribution >= 0.6 is 24.0 Å². The first-order valence-electron chi connectivity index (χ1n) is 10.1. The van der Waals surface area contributed by atoms with Crippen molar-refractivity contribution in [1.29, 1.82) is 0 Å². The van der Waals surface area contributed by atoms with Gasteiger partial charge in [0.15, 0.2) is 5.96 Å². The predicted octanol–water partition coefficient (Wildman–Crippen LogP) is 2.24. The Morgan fingerprint density at radius 3 is 2.81 bits per heavy atom. The number of guanidine groups is 1. The van der Waals surface area contributed by atoms with Gasteiger partial charge in [0.05, 0.1) is 6.33 Å². The quantitative estimate of drug-likeness (QED) is 0.267. The molecule has 0 bridgehead atoms. The molecule has 1 atom stereocenters. The maximum absolute atomic E-state index is 12.6. The first-order chi connectivity index (χ1) is 12.8. The monoisotopic (exact) mass is 488 g/mol. The standard InChI is InChI=1S/C19H32N6O.HI/c1-2-21-19(22-9-5-11-24-13-10-20-15-24)23-17-8-12-25(14-17)18(26)16-6-3-4-7-16;/h10,13,15-17H,2-9,11-12,14H2,1H3,(H2,21,22,23);1H. The van der Waals surface area contributed by atoms with Crippen molar-refractivity contribution in [1.82, 2.24) is 25.1 Å². The highest BCUT2D eigenvalue weighted by molar-refractivity contribution is 14.0. The van der Waals surface area contributed by atoms with Crippen LogP contribution in [-0.2, 0) is 11.3 Å². The molecule has 3 rings (SSSR count). The molecule has 7 nitrogen and oxygen atoms in total. The smallest absolute Gasteiger partial charge is 0.225 e. The molecule has 1 amide bonds. The Kier molecular flexibility index (Phi) is 9.36. The van der Waals surface area contributed by atoms with Gasteiger partial charge in [-0.15, -0.1) is 24.0 Å². The second-order valence-corrected chi connectivity index (χ2v) is 7.31. The van der Waals surface area contributed by atoms with Crippen LogP contribution in [0.1, 0.15) is 45.4 Å². The largest absolute Gasteiger partial charge is 0.357 e. The molecular weight excluding hydrogens is 455 g/mol. The highest BCUT2D eigenvalue weighted by atomic mass is 127. The van der Waals surface area contributed by atoms with Crippen LogP contribution in [-0.4, -0.2) is 58.5 Å². The van der Waals surface area contributed by atoms with Crippen molar-refractivity contribution in [3.05, 3.63) is 18.7 Å². The normalized spacial score (nSPS) is 20.6. The minimum absolute atomic E-state index is 0. The molecule has 0 aromatic carbocycles. The Balaban J connectivity index is 0.00000261. The SMILES string of the molecule is CCNC(=NCCCn1ccnc1)NC1CCN(C(=O)C2CCCC2)C1.I. The number of carbonyl (C=O) groups is 1. The van der Waals surface area contributed by atoms with Gasteiger partial charge in [0.25, 0.3) is 0 Å². The summed E-state index contributed by atoms with van der Waals surface area (Å²) in [7, 11) is 0. The number of nitrogens with zero attached hydrogens (tertiary/aromatic N) is 4. The number of amides is 1. The van der Waals surface area contributed by atoms with Gasteiger partial charge in [0.1, 0.15) is 0 Å². The molecule has 1 aliphatic carbocycles. The minimum Gasteiger partial charge on any atom is -0.357 e. The van der Waals surface area contributed by atoms with Gasteiger partial charge in [-0.05, 0) is 32.6 Å². The summed E-state index contributed by atoms with van der Waals surface area (Å²) in [5.41, 5.74) is 0. The number of likely N-dealkylation sites (tertiary alicyclic amines) is 1. The van der Waals surface area contributed by atoms with E-state index in [2.05, 4.69) is 37.0 Å². The lowest BCUT2D eigenvalue weighted by Crippen LogP contribution is -2.45. The lowest BCUT2D eigenvalue weighted by Gasteiger charge is -2.21. The fraction of sp³-hybridized carbons (Fsp3) is 0.737. The molecule has 1 aliphatic heterocycles. The Bertz CT molecular complexity index is 585. The molecule has 2 fully saturated rings. The fourth-order valence-corrected chi connectivity index (χ4v) is 3.89. The van der Waals surface area contributed by atoms with Crippen molar-refractivity contribution in [2.75, 3.05) is 26.2 Å². The molecule has 1 saturated heterocycles. The summed E-state index contributed by atoms with van der Waals surface area (Å²) in [6.45, 7) is 6.28. The predicted molar refractivity (Wildman–Crippen MR) is 118 cm³/mol. The van der Waals surface area contributed by atoms with E-state index in [1.165, 1.54) is 12.8 Å². The van der Waals surface area contributed by atoms with E-state index in [0.717, 1.165) is 64.4 Å². The van der Waals surface area contributed by atoms with E-state index in [9.17, 15) is 4.79 Å². The number of hydrogen-bond donors (Lipinski definition) is 2. The molecule has 1 unspecified atom stereocenters. The molecule has 1 aromatic rings. The lowest BCUT2D eigenvalue weighted by atomic mass is 10.1. The molecule has 0 radical (unpaired) electrons. The van der Waals surface area contributed by atoms with Crippen LogP contribution in [0.15, 0.2) is 23.7 Å². The topological polar surface area (TPSA) is 74.6 Å². The molecule has 1 aromatic heterocycles. The highest BCUT2D eigenvalue weighted by Crippen LogP contribution is 2.27. The summed E-state index contributed by atoms with van der Waals surface area (Å²) < 4.78 is 2.07. The lowest BCUT2D eigenvalue weighted by molar-refractivity contribution is -0.134. The van der Waals surface area contributed by atoms with Crippen molar-refractivity contribution in [3.8, 4) is 0 Å². The highest BCUT2D eigenvalue weighted by Gasteiger charge is 2.32. The van der Waals surface area contributed by atoms with Gasteiger partial charge >= 0.3 is 0 Å². The maximum Gasteiger partial charge on any atom is 0.225 e. The number of hydrogen-bond acceptors (Lipinski definition) is 3. The summed E-state index contributed by atoms with van der Waals surface area (Å²) in [5, 5.41) is 6.83. The molecule has 1 saturated carbocycles. The number of rotatable bonds is 7. The fourth-order valence-electron chi connectivity index (χ4n) is 3.89.